The van der Waals surface area contributed by atoms with Gasteiger partial charge in [-0.2, -0.15) is 0 Å². The second-order valence-corrected chi connectivity index (χ2v) is 8.08. The van der Waals surface area contributed by atoms with Gasteiger partial charge in [0, 0.05) is 0 Å². The fraction of sp³-hybridized carbons (Fsp3) is 0.600. The van der Waals surface area contributed by atoms with Gasteiger partial charge in [-0.3, -0.25) is 0 Å². The van der Waals surface area contributed by atoms with Gasteiger partial charge in [0.15, 0.2) is 0 Å². The Kier molecular flexibility index (Phi) is 11.0. The molecule has 0 N–H and O–H groups in total. The van der Waals surface area contributed by atoms with Crippen LogP contribution in [0.25, 0.3) is 0 Å². The van der Waals surface area contributed by atoms with Crippen molar-refractivity contribution in [3.63, 3.8) is 0 Å². The average Bonchev–Trinajstić information content (AvgIpc) is 2.69. The molecule has 0 heterocycles. The van der Waals surface area contributed by atoms with Gasteiger partial charge in [-0.05, 0) is 11.8 Å². The van der Waals surface area contributed by atoms with E-state index in [1.165, 1.54) is 0 Å². The molecule has 0 aliphatic carbocycles. The van der Waals surface area contributed by atoms with Crippen LogP contribution in [0.3, 0.4) is 0 Å². The molecule has 0 saturated carbocycles. The average molecular weight is 472 g/mol. The Morgan fingerprint density at radius 1 is 0.643 bits per heavy atom. The molecule has 0 amide bonds. The smallest absolute Gasteiger partial charge is 0.340 e. The lowest BCUT2D eigenvalue weighted by atomic mass is 10.0. The largest absolute Gasteiger partial charge is 0.462 e. The number of carbonyl (C=O) groups is 2. The van der Waals surface area contributed by atoms with Crippen LogP contribution in [0.1, 0.15) is 74.1 Å². The van der Waals surface area contributed by atoms with E-state index >= 15 is 0 Å². The summed E-state index contributed by atoms with van der Waals surface area (Å²) >= 11 is 24.6. The molecule has 4 nitrogen and oxygen atoms in total. The molecule has 0 spiro atoms. The number of carbonyl (C=O) groups excluding carboxylic acids is 2. The van der Waals surface area contributed by atoms with Gasteiger partial charge >= 0.3 is 11.9 Å². The van der Waals surface area contributed by atoms with Gasteiger partial charge in [0.05, 0.1) is 44.4 Å². The van der Waals surface area contributed by atoms with Crippen LogP contribution in [-0.2, 0) is 9.47 Å². The molecule has 0 unspecified atom stereocenters. The Bertz CT molecular complexity index is 639. The molecule has 0 saturated heterocycles. The molecule has 28 heavy (non-hydrogen) atoms. The predicted octanol–water partition coefficient (Wildman–Crippen LogP) is 7.49. The lowest BCUT2D eigenvalue weighted by Crippen LogP contribution is -2.20. The highest BCUT2D eigenvalue weighted by Crippen LogP contribution is 2.42. The lowest BCUT2D eigenvalue weighted by Gasteiger charge is -2.18. The zero-order chi connectivity index (χ0) is 21.4. The number of hydrogen-bond donors (Lipinski definition) is 0. The second-order valence-electron chi connectivity index (χ2n) is 6.57. The molecule has 1 aromatic rings. The quantitative estimate of drug-likeness (QED) is 0.201. The van der Waals surface area contributed by atoms with Gasteiger partial charge in [-0.15, -0.1) is 0 Å². The highest BCUT2D eigenvalue weighted by atomic mass is 35.5. The summed E-state index contributed by atoms with van der Waals surface area (Å²) in [7, 11) is 0. The van der Waals surface area contributed by atoms with E-state index in [-0.39, 0.29) is 56.3 Å². The summed E-state index contributed by atoms with van der Waals surface area (Å²) < 4.78 is 10.7. The summed E-state index contributed by atoms with van der Waals surface area (Å²) in [5, 5.41) is -0.584. The zero-order valence-corrected chi connectivity index (χ0v) is 19.6. The summed E-state index contributed by atoms with van der Waals surface area (Å²) in [6, 6.07) is 0. The first-order chi connectivity index (χ1) is 13.2. The van der Waals surface area contributed by atoms with Crippen molar-refractivity contribution in [3.05, 3.63) is 31.2 Å². The lowest BCUT2D eigenvalue weighted by molar-refractivity contribution is 0.0386. The van der Waals surface area contributed by atoms with Crippen molar-refractivity contribution < 1.29 is 19.1 Å². The molecule has 0 aliphatic heterocycles. The predicted molar refractivity (Wildman–Crippen MR) is 115 cm³/mol. The number of hydrogen-bond acceptors (Lipinski definition) is 4. The Labute approximate surface area is 186 Å². The molecule has 0 aromatic heterocycles. The van der Waals surface area contributed by atoms with E-state index in [9.17, 15) is 9.59 Å². The second kappa shape index (κ2) is 12.1. The Morgan fingerprint density at radius 2 is 0.929 bits per heavy atom. The minimum absolute atomic E-state index is 0.112. The van der Waals surface area contributed by atoms with Crippen LogP contribution in [0, 0.1) is 11.8 Å². The molecule has 0 bridgehead atoms. The number of benzene rings is 1. The monoisotopic (exact) mass is 470 g/mol. The van der Waals surface area contributed by atoms with Crippen LogP contribution in [0.15, 0.2) is 0 Å². The van der Waals surface area contributed by atoms with Crippen molar-refractivity contribution in [3.8, 4) is 0 Å². The third kappa shape index (κ3) is 6.16. The van der Waals surface area contributed by atoms with E-state index in [0.29, 0.717) is 0 Å². The Hall–Kier alpha value is -0.680. The molecular weight excluding hydrogens is 446 g/mol. The number of halogens is 4. The normalized spacial score (nSPS) is 11.2. The molecule has 0 radical (unpaired) electrons. The highest BCUT2D eigenvalue weighted by Gasteiger charge is 2.31. The van der Waals surface area contributed by atoms with Gasteiger partial charge in [0.2, 0.25) is 0 Å². The van der Waals surface area contributed by atoms with E-state index in [2.05, 4.69) is 0 Å². The summed E-state index contributed by atoms with van der Waals surface area (Å²) in [6.45, 7) is 8.42. The standard InChI is InChI=1S/C20H26Cl4O4/c1-5-11(6-2)9-27-19(25)13-14(16(22)18(24)17(23)15(13)21)20(26)28-10-12(7-3)8-4/h11-12H,5-10H2,1-4H3. The molecule has 158 valence electrons. The van der Waals surface area contributed by atoms with E-state index in [4.69, 9.17) is 55.9 Å². The summed E-state index contributed by atoms with van der Waals surface area (Å²) in [4.78, 5) is 25.4. The molecule has 0 atom stereocenters. The first kappa shape index (κ1) is 25.4. The van der Waals surface area contributed by atoms with Crippen molar-refractivity contribution >= 4 is 58.3 Å². The minimum Gasteiger partial charge on any atom is -0.462 e. The summed E-state index contributed by atoms with van der Waals surface area (Å²) in [6.07, 6.45) is 3.40. The molecular formula is C20H26Cl4O4. The van der Waals surface area contributed by atoms with Crippen LogP contribution in [0.5, 0.6) is 0 Å². The summed E-state index contributed by atoms with van der Waals surface area (Å²) in [5.41, 5.74) is -0.442. The molecule has 0 fully saturated rings. The van der Waals surface area contributed by atoms with E-state index in [1.807, 2.05) is 27.7 Å². The summed E-state index contributed by atoms with van der Waals surface area (Å²) in [5.74, 6) is -1.17. The van der Waals surface area contributed by atoms with Crippen LogP contribution in [-0.4, -0.2) is 25.2 Å². The maximum Gasteiger partial charge on any atom is 0.340 e. The minimum atomic E-state index is -0.785. The SMILES string of the molecule is CCC(CC)COC(=O)c1c(Cl)c(Cl)c(Cl)c(Cl)c1C(=O)OCC(CC)CC. The topological polar surface area (TPSA) is 52.6 Å². The zero-order valence-electron chi connectivity index (χ0n) is 16.5. The number of esters is 2. The van der Waals surface area contributed by atoms with Gasteiger partial charge in [0.25, 0.3) is 0 Å². The Balaban J connectivity index is 3.27. The first-order valence-corrected chi connectivity index (χ1v) is 10.9. The van der Waals surface area contributed by atoms with Gasteiger partial charge in [-0.1, -0.05) is 99.8 Å². The molecule has 8 heteroatoms. The maximum absolute atomic E-state index is 12.7. The Morgan fingerprint density at radius 3 is 1.18 bits per heavy atom. The fourth-order valence-corrected chi connectivity index (χ4v) is 3.60. The highest BCUT2D eigenvalue weighted by molar-refractivity contribution is 6.54. The van der Waals surface area contributed by atoms with Gasteiger partial charge in [-0.25, -0.2) is 9.59 Å². The number of ether oxygens (including phenoxy) is 2. The number of rotatable bonds is 10. The van der Waals surface area contributed by atoms with Crippen LogP contribution in [0.2, 0.25) is 20.1 Å². The maximum atomic E-state index is 12.7. The molecule has 1 aromatic carbocycles. The van der Waals surface area contributed by atoms with Crippen LogP contribution < -0.4 is 0 Å². The van der Waals surface area contributed by atoms with Gasteiger partial charge < -0.3 is 9.47 Å². The van der Waals surface area contributed by atoms with Crippen LogP contribution in [0.4, 0.5) is 0 Å². The van der Waals surface area contributed by atoms with Crippen LogP contribution >= 0.6 is 46.4 Å². The van der Waals surface area contributed by atoms with E-state index < -0.39 is 11.9 Å². The third-order valence-electron chi connectivity index (χ3n) is 4.89. The van der Waals surface area contributed by atoms with E-state index in [0.717, 1.165) is 25.7 Å². The van der Waals surface area contributed by atoms with Crippen molar-refractivity contribution in [2.75, 3.05) is 13.2 Å². The third-order valence-corrected chi connectivity index (χ3v) is 6.69. The van der Waals surface area contributed by atoms with Crippen molar-refractivity contribution in [1.82, 2.24) is 0 Å². The molecule has 1 rings (SSSR count). The van der Waals surface area contributed by atoms with E-state index in [1.54, 1.807) is 0 Å². The fourth-order valence-electron chi connectivity index (χ4n) is 2.60. The first-order valence-electron chi connectivity index (χ1n) is 9.43. The van der Waals surface area contributed by atoms with Gasteiger partial charge in [0.1, 0.15) is 0 Å². The van der Waals surface area contributed by atoms with Crippen molar-refractivity contribution in [2.24, 2.45) is 11.8 Å². The molecule has 0 aliphatic rings. The van der Waals surface area contributed by atoms with Crippen molar-refractivity contribution in [2.45, 2.75) is 53.4 Å². The van der Waals surface area contributed by atoms with Crippen molar-refractivity contribution in [1.29, 1.82) is 0 Å².